The van der Waals surface area contributed by atoms with Crippen LogP contribution in [0.5, 0.6) is 0 Å². The second-order valence-corrected chi connectivity index (χ2v) is 10.8. The first-order valence-electron chi connectivity index (χ1n) is 13.4. The van der Waals surface area contributed by atoms with Crippen molar-refractivity contribution in [2.24, 2.45) is 5.16 Å². The summed E-state index contributed by atoms with van der Waals surface area (Å²) in [4.78, 5) is 32.9. The predicted octanol–water partition coefficient (Wildman–Crippen LogP) is 6.16. The van der Waals surface area contributed by atoms with E-state index in [1.165, 1.54) is 6.92 Å². The van der Waals surface area contributed by atoms with Gasteiger partial charge in [0.2, 0.25) is 0 Å². The van der Waals surface area contributed by atoms with Gasteiger partial charge in [0.25, 0.3) is 0 Å². The summed E-state index contributed by atoms with van der Waals surface area (Å²) in [5, 5.41) is 6.55. The zero-order valence-corrected chi connectivity index (χ0v) is 23.1. The number of benzene rings is 4. The third-order valence-corrected chi connectivity index (χ3v) is 8.11. The Kier molecular flexibility index (Phi) is 6.35. The second-order valence-electron chi connectivity index (χ2n) is 10.8. The quantitative estimate of drug-likeness (QED) is 0.150. The van der Waals surface area contributed by atoms with Crippen molar-refractivity contribution >= 4 is 39.3 Å². The molecule has 0 saturated carbocycles. The van der Waals surface area contributed by atoms with Crippen LogP contribution in [0.25, 0.3) is 21.8 Å². The molecule has 0 radical (unpaired) electrons. The highest BCUT2D eigenvalue weighted by molar-refractivity contribution is 6.22. The van der Waals surface area contributed by atoms with Gasteiger partial charge in [-0.25, -0.2) is 4.79 Å². The first-order valence-corrected chi connectivity index (χ1v) is 13.4. The summed E-state index contributed by atoms with van der Waals surface area (Å²) in [5.41, 5.74) is 6.58. The Labute approximate surface area is 233 Å². The highest BCUT2D eigenvalue weighted by Crippen LogP contribution is 2.41. The molecule has 6 rings (SSSR count). The van der Waals surface area contributed by atoms with Gasteiger partial charge in [-0.1, -0.05) is 78.0 Å². The molecule has 5 aromatic rings. The average Bonchev–Trinajstić information content (AvgIpc) is 3.26. The maximum atomic E-state index is 13.5. The number of para-hydroxylation sites is 1. The lowest BCUT2D eigenvalue weighted by Crippen LogP contribution is -2.58. The van der Waals surface area contributed by atoms with E-state index in [0.29, 0.717) is 29.8 Å². The Hall–Kier alpha value is -4.55. The highest BCUT2D eigenvalue weighted by atomic mass is 16.7. The zero-order valence-electron chi connectivity index (χ0n) is 23.1. The van der Waals surface area contributed by atoms with E-state index in [9.17, 15) is 9.59 Å². The standard InChI is InChI=1S/C34H31N3O3/c1-22-11-8-9-14-26(22)32(39)25-17-18-30-29(19-25)27-15-10-16-28-31(27)37(30)21-34(36(3)4,33(28)35-40-23(2)38)20-24-12-6-5-7-13-24/h5-19H,20-21H2,1-4H3/b35-33-. The number of nitrogens with zero attached hydrogens (tertiary/aromatic N) is 3. The number of aryl methyl sites for hydroxylation is 1. The average molecular weight is 530 g/mol. The van der Waals surface area contributed by atoms with Crippen molar-refractivity contribution in [2.45, 2.75) is 32.4 Å². The van der Waals surface area contributed by atoms with Gasteiger partial charge in [0, 0.05) is 46.4 Å². The van der Waals surface area contributed by atoms with Gasteiger partial charge in [-0.3, -0.25) is 9.69 Å². The molecule has 4 aromatic carbocycles. The molecular weight excluding hydrogens is 498 g/mol. The van der Waals surface area contributed by atoms with Crippen LogP contribution < -0.4 is 0 Å². The summed E-state index contributed by atoms with van der Waals surface area (Å²) in [5.74, 6) is -0.451. The fraction of sp³-hybridized carbons (Fsp3) is 0.206. The summed E-state index contributed by atoms with van der Waals surface area (Å²) in [6.45, 7) is 3.92. The van der Waals surface area contributed by atoms with Gasteiger partial charge < -0.3 is 9.40 Å². The van der Waals surface area contributed by atoms with Gasteiger partial charge in [0.1, 0.15) is 5.71 Å². The lowest BCUT2D eigenvalue weighted by atomic mass is 9.79. The fourth-order valence-corrected chi connectivity index (χ4v) is 6.05. The first kappa shape index (κ1) is 25.7. The number of oxime groups is 1. The second kappa shape index (κ2) is 9.88. The van der Waals surface area contributed by atoms with E-state index in [2.05, 4.69) is 38.9 Å². The number of hydrogen-bond acceptors (Lipinski definition) is 5. The van der Waals surface area contributed by atoms with E-state index in [1.54, 1.807) is 0 Å². The Morgan fingerprint density at radius 1 is 0.925 bits per heavy atom. The Morgan fingerprint density at radius 3 is 2.40 bits per heavy atom. The smallest absolute Gasteiger partial charge is 0.331 e. The maximum absolute atomic E-state index is 13.5. The molecule has 1 aliphatic rings. The minimum Gasteiger partial charge on any atom is -0.338 e. The maximum Gasteiger partial charge on any atom is 0.331 e. The molecule has 1 atom stereocenters. The van der Waals surface area contributed by atoms with Crippen LogP contribution in [0, 0.1) is 6.92 Å². The van der Waals surface area contributed by atoms with Crippen LogP contribution in [-0.4, -0.2) is 46.6 Å². The summed E-state index contributed by atoms with van der Waals surface area (Å²) in [6.07, 6.45) is 0.667. The molecule has 0 aliphatic carbocycles. The molecule has 0 N–H and O–H groups in total. The molecule has 1 aliphatic heterocycles. The normalized spacial score (nSPS) is 17.6. The van der Waals surface area contributed by atoms with Crippen LogP contribution in [-0.2, 0) is 22.6 Å². The van der Waals surface area contributed by atoms with E-state index in [0.717, 1.165) is 38.5 Å². The van der Waals surface area contributed by atoms with Crippen LogP contribution in [0.15, 0.2) is 96.2 Å². The van der Waals surface area contributed by atoms with Crippen LogP contribution in [0.4, 0.5) is 0 Å². The van der Waals surface area contributed by atoms with Crippen molar-refractivity contribution < 1.29 is 14.4 Å². The largest absolute Gasteiger partial charge is 0.338 e. The number of rotatable bonds is 6. The van der Waals surface area contributed by atoms with E-state index in [4.69, 9.17) is 4.84 Å². The van der Waals surface area contributed by atoms with E-state index < -0.39 is 11.5 Å². The summed E-state index contributed by atoms with van der Waals surface area (Å²) in [7, 11) is 4.09. The van der Waals surface area contributed by atoms with Crippen LogP contribution in [0.3, 0.4) is 0 Å². The van der Waals surface area contributed by atoms with E-state index in [1.807, 2.05) is 87.7 Å². The molecule has 0 amide bonds. The first-order chi connectivity index (χ1) is 19.3. The monoisotopic (exact) mass is 529 g/mol. The number of aromatic nitrogens is 1. The topological polar surface area (TPSA) is 63.9 Å². The zero-order chi connectivity index (χ0) is 28.0. The van der Waals surface area contributed by atoms with Gasteiger partial charge >= 0.3 is 5.97 Å². The van der Waals surface area contributed by atoms with E-state index in [-0.39, 0.29) is 5.78 Å². The van der Waals surface area contributed by atoms with Crippen molar-refractivity contribution in [3.8, 4) is 0 Å². The molecule has 200 valence electrons. The molecule has 0 saturated heterocycles. The predicted molar refractivity (Wildman–Crippen MR) is 159 cm³/mol. The Balaban J connectivity index is 1.59. The lowest BCUT2D eigenvalue weighted by Gasteiger charge is -2.44. The number of likely N-dealkylation sites (N-methyl/N-ethyl adjacent to an activating group) is 1. The van der Waals surface area contributed by atoms with Gasteiger partial charge in [-0.2, -0.15) is 0 Å². The molecule has 0 bridgehead atoms. The molecule has 0 spiro atoms. The molecule has 40 heavy (non-hydrogen) atoms. The third-order valence-electron chi connectivity index (χ3n) is 8.11. The van der Waals surface area contributed by atoms with Gasteiger partial charge in [0.05, 0.1) is 11.1 Å². The van der Waals surface area contributed by atoms with Crippen LogP contribution in [0.2, 0.25) is 0 Å². The van der Waals surface area contributed by atoms with Crippen molar-refractivity contribution in [1.82, 2.24) is 9.47 Å². The SMILES string of the molecule is CC(=O)O/N=C1/c2cccc3c4cc(C(=O)c5ccccc5C)ccc4n(c23)CC1(Cc1ccccc1)N(C)C. The molecule has 1 aromatic heterocycles. The van der Waals surface area contributed by atoms with Crippen LogP contribution >= 0.6 is 0 Å². The number of carbonyl (C=O) groups excluding carboxylic acids is 2. The Morgan fingerprint density at radius 2 is 1.68 bits per heavy atom. The van der Waals surface area contributed by atoms with Crippen molar-refractivity contribution in [3.05, 3.63) is 119 Å². The Bertz CT molecular complexity index is 1820. The number of ketones is 1. The lowest BCUT2D eigenvalue weighted by molar-refractivity contribution is -0.141. The fourth-order valence-electron chi connectivity index (χ4n) is 6.05. The molecule has 2 heterocycles. The molecule has 0 fully saturated rings. The van der Waals surface area contributed by atoms with Crippen molar-refractivity contribution in [2.75, 3.05) is 14.1 Å². The summed E-state index contributed by atoms with van der Waals surface area (Å²) < 4.78 is 2.33. The van der Waals surface area contributed by atoms with Crippen LogP contribution in [0.1, 0.15) is 39.5 Å². The number of fused-ring (bicyclic) bond motifs is 3. The van der Waals surface area contributed by atoms with E-state index >= 15 is 0 Å². The van der Waals surface area contributed by atoms with Gasteiger partial charge in [0.15, 0.2) is 5.78 Å². The summed E-state index contributed by atoms with van der Waals surface area (Å²) >= 11 is 0. The summed E-state index contributed by atoms with van der Waals surface area (Å²) in [6, 6.07) is 30.1. The van der Waals surface area contributed by atoms with Gasteiger partial charge in [-0.05, 0) is 56.8 Å². The molecular formula is C34H31N3O3. The molecule has 6 heteroatoms. The number of carbonyl (C=O) groups is 2. The third kappa shape index (κ3) is 4.12. The highest BCUT2D eigenvalue weighted by Gasteiger charge is 2.45. The number of hydrogen-bond donors (Lipinski definition) is 0. The minimum absolute atomic E-state index is 0.00996. The minimum atomic E-state index is -0.598. The van der Waals surface area contributed by atoms with Crippen molar-refractivity contribution in [3.63, 3.8) is 0 Å². The van der Waals surface area contributed by atoms with Crippen molar-refractivity contribution in [1.29, 1.82) is 0 Å². The molecule has 1 unspecified atom stereocenters. The van der Waals surface area contributed by atoms with Gasteiger partial charge in [-0.15, -0.1) is 0 Å². The molecule has 6 nitrogen and oxygen atoms in total.